The molecule has 0 radical (unpaired) electrons. The van der Waals surface area contributed by atoms with E-state index in [1.54, 1.807) is 4.90 Å². The first-order valence-electron chi connectivity index (χ1n) is 9.61. The lowest BCUT2D eigenvalue weighted by Gasteiger charge is -2.21. The van der Waals surface area contributed by atoms with Crippen LogP contribution < -0.4 is 15.0 Å². The molecule has 0 bridgehead atoms. The van der Waals surface area contributed by atoms with Gasteiger partial charge in [-0.15, -0.1) is 0 Å². The number of anilines is 2. The Morgan fingerprint density at radius 3 is 2.68 bits per heavy atom. The van der Waals surface area contributed by atoms with Crippen molar-refractivity contribution < 1.29 is 14.3 Å². The summed E-state index contributed by atoms with van der Waals surface area (Å²) >= 11 is 0. The summed E-state index contributed by atoms with van der Waals surface area (Å²) in [5.41, 5.74) is 2.53. The summed E-state index contributed by atoms with van der Waals surface area (Å²) in [6, 6.07) is 15.3. The molecule has 3 rings (SSSR count). The highest BCUT2D eigenvalue weighted by atomic mass is 16.5. The maximum Gasteiger partial charge on any atom is 0.238 e. The van der Waals surface area contributed by atoms with Crippen LogP contribution in [0.3, 0.4) is 0 Å². The van der Waals surface area contributed by atoms with Gasteiger partial charge >= 0.3 is 0 Å². The van der Waals surface area contributed by atoms with Gasteiger partial charge in [0.05, 0.1) is 17.9 Å². The predicted octanol–water partition coefficient (Wildman–Crippen LogP) is 3.07. The Kier molecular flexibility index (Phi) is 6.66. The largest absolute Gasteiger partial charge is 0.492 e. The fourth-order valence-corrected chi connectivity index (χ4v) is 3.26. The fraction of sp³-hybridized carbons (Fsp3) is 0.364. The van der Waals surface area contributed by atoms with Crippen molar-refractivity contribution in [3.05, 3.63) is 54.1 Å². The minimum absolute atomic E-state index is 0.104. The van der Waals surface area contributed by atoms with Gasteiger partial charge in [-0.05, 0) is 44.2 Å². The van der Waals surface area contributed by atoms with E-state index < -0.39 is 0 Å². The first-order chi connectivity index (χ1) is 13.5. The quantitative estimate of drug-likeness (QED) is 0.763. The molecule has 2 aromatic rings. The van der Waals surface area contributed by atoms with E-state index >= 15 is 0 Å². The van der Waals surface area contributed by atoms with Crippen molar-refractivity contribution in [1.29, 1.82) is 0 Å². The van der Waals surface area contributed by atoms with Crippen molar-refractivity contribution in [3.63, 3.8) is 0 Å². The van der Waals surface area contributed by atoms with Crippen molar-refractivity contribution in [3.8, 4) is 5.75 Å². The van der Waals surface area contributed by atoms with E-state index in [0.29, 0.717) is 31.8 Å². The highest BCUT2D eigenvalue weighted by Crippen LogP contribution is 2.29. The van der Waals surface area contributed by atoms with Crippen molar-refractivity contribution in [2.75, 3.05) is 43.5 Å². The number of carbonyl (C=O) groups is 2. The van der Waals surface area contributed by atoms with Crippen LogP contribution in [0.15, 0.2) is 48.5 Å². The van der Waals surface area contributed by atoms with Crippen LogP contribution in [0.25, 0.3) is 0 Å². The third-order valence-corrected chi connectivity index (χ3v) is 4.78. The molecule has 0 aromatic heterocycles. The fourth-order valence-electron chi connectivity index (χ4n) is 3.26. The van der Waals surface area contributed by atoms with Gasteiger partial charge in [0.2, 0.25) is 11.8 Å². The first-order valence-corrected chi connectivity index (χ1v) is 9.61. The molecule has 1 aliphatic heterocycles. The second kappa shape index (κ2) is 9.37. The summed E-state index contributed by atoms with van der Waals surface area (Å²) < 4.78 is 5.79. The Labute approximate surface area is 166 Å². The van der Waals surface area contributed by atoms with Crippen LogP contribution >= 0.6 is 0 Å². The Hall–Kier alpha value is -2.86. The Bertz CT molecular complexity index is 837. The van der Waals surface area contributed by atoms with Crippen molar-refractivity contribution >= 4 is 23.2 Å². The molecule has 6 nitrogen and oxygen atoms in total. The number of likely N-dealkylation sites (N-methyl/N-ethyl adjacent to an activating group) is 1. The summed E-state index contributed by atoms with van der Waals surface area (Å²) in [5, 5.41) is 2.94. The predicted molar refractivity (Wildman–Crippen MR) is 111 cm³/mol. The smallest absolute Gasteiger partial charge is 0.238 e. The topological polar surface area (TPSA) is 61.9 Å². The van der Waals surface area contributed by atoms with E-state index in [0.717, 1.165) is 23.4 Å². The minimum Gasteiger partial charge on any atom is -0.492 e. The van der Waals surface area contributed by atoms with E-state index in [2.05, 4.69) is 5.32 Å². The van der Waals surface area contributed by atoms with Gasteiger partial charge in [0, 0.05) is 19.5 Å². The first kappa shape index (κ1) is 19.9. The van der Waals surface area contributed by atoms with Crippen LogP contribution in [0.2, 0.25) is 0 Å². The van der Waals surface area contributed by atoms with Gasteiger partial charge in [-0.3, -0.25) is 14.5 Å². The molecule has 0 spiro atoms. The van der Waals surface area contributed by atoms with Gasteiger partial charge < -0.3 is 15.0 Å². The standard InChI is InChI=1S/C22H27N3O3/c1-17-8-3-6-11-20(17)28-15-14-24(2)16-21(26)23-18-9-4-5-10-19(18)25-13-7-12-22(25)27/h3-6,8-11H,7,12-16H2,1-2H3,(H,23,26). The van der Waals surface area contributed by atoms with Gasteiger partial charge in [-0.2, -0.15) is 0 Å². The molecule has 0 atom stereocenters. The van der Waals surface area contributed by atoms with Crippen LogP contribution in [-0.2, 0) is 9.59 Å². The second-order valence-electron chi connectivity index (χ2n) is 7.07. The monoisotopic (exact) mass is 381 g/mol. The molecule has 0 saturated carbocycles. The Morgan fingerprint density at radius 1 is 1.18 bits per heavy atom. The number of nitrogens with zero attached hydrogens (tertiary/aromatic N) is 2. The summed E-state index contributed by atoms with van der Waals surface area (Å²) in [5.74, 6) is 0.856. The molecule has 6 heteroatoms. The van der Waals surface area contributed by atoms with Crippen molar-refractivity contribution in [2.45, 2.75) is 19.8 Å². The third kappa shape index (κ3) is 5.10. The average molecular weight is 381 g/mol. The van der Waals surface area contributed by atoms with Gasteiger partial charge in [-0.25, -0.2) is 0 Å². The lowest BCUT2D eigenvalue weighted by Crippen LogP contribution is -2.33. The van der Waals surface area contributed by atoms with E-state index in [-0.39, 0.29) is 18.4 Å². The van der Waals surface area contributed by atoms with E-state index in [1.807, 2.05) is 67.4 Å². The van der Waals surface area contributed by atoms with Crippen molar-refractivity contribution in [1.82, 2.24) is 4.90 Å². The molecule has 1 fully saturated rings. The number of aryl methyl sites for hydroxylation is 1. The summed E-state index contributed by atoms with van der Waals surface area (Å²) in [7, 11) is 1.89. The molecular formula is C22H27N3O3. The number of rotatable bonds is 8. The lowest BCUT2D eigenvalue weighted by molar-refractivity contribution is -0.118. The second-order valence-corrected chi connectivity index (χ2v) is 7.07. The number of amides is 2. The van der Waals surface area contributed by atoms with Gasteiger partial charge in [0.15, 0.2) is 0 Å². The van der Waals surface area contributed by atoms with E-state index in [4.69, 9.17) is 4.74 Å². The molecule has 0 unspecified atom stereocenters. The van der Waals surface area contributed by atoms with Crippen LogP contribution in [0.5, 0.6) is 5.75 Å². The number of hydrogen-bond acceptors (Lipinski definition) is 4. The molecule has 1 saturated heterocycles. The highest BCUT2D eigenvalue weighted by Gasteiger charge is 2.24. The normalized spacial score (nSPS) is 13.8. The zero-order valence-electron chi connectivity index (χ0n) is 16.5. The number of hydrogen-bond donors (Lipinski definition) is 1. The molecule has 1 aliphatic rings. The van der Waals surface area contributed by atoms with E-state index in [9.17, 15) is 9.59 Å². The molecule has 148 valence electrons. The lowest BCUT2D eigenvalue weighted by atomic mass is 10.2. The molecular weight excluding hydrogens is 354 g/mol. The highest BCUT2D eigenvalue weighted by molar-refractivity contribution is 6.02. The molecule has 2 amide bonds. The number of carbonyl (C=O) groups excluding carboxylic acids is 2. The van der Waals surface area contributed by atoms with Crippen LogP contribution in [0, 0.1) is 6.92 Å². The Balaban J connectivity index is 1.50. The number of para-hydroxylation sites is 3. The number of nitrogens with one attached hydrogen (secondary N) is 1. The molecule has 2 aromatic carbocycles. The van der Waals surface area contributed by atoms with Crippen LogP contribution in [0.1, 0.15) is 18.4 Å². The van der Waals surface area contributed by atoms with Crippen molar-refractivity contribution in [2.24, 2.45) is 0 Å². The van der Waals surface area contributed by atoms with E-state index in [1.165, 1.54) is 0 Å². The molecule has 0 aliphatic carbocycles. The average Bonchev–Trinajstić information content (AvgIpc) is 3.09. The SMILES string of the molecule is Cc1ccccc1OCCN(C)CC(=O)Nc1ccccc1N1CCCC1=O. The third-order valence-electron chi connectivity index (χ3n) is 4.78. The zero-order chi connectivity index (χ0) is 19.9. The number of ether oxygens (including phenoxy) is 1. The minimum atomic E-state index is -0.113. The van der Waals surface area contributed by atoms with Crippen LogP contribution in [-0.4, -0.2) is 50.0 Å². The molecule has 1 N–H and O–H groups in total. The summed E-state index contributed by atoms with van der Waals surface area (Å²) in [6.45, 7) is 4.10. The molecule has 28 heavy (non-hydrogen) atoms. The van der Waals surface area contributed by atoms with Gasteiger partial charge in [0.1, 0.15) is 12.4 Å². The molecule has 1 heterocycles. The van der Waals surface area contributed by atoms with Gasteiger partial charge in [-0.1, -0.05) is 30.3 Å². The zero-order valence-corrected chi connectivity index (χ0v) is 16.5. The summed E-state index contributed by atoms with van der Waals surface area (Å²) in [4.78, 5) is 28.2. The van der Waals surface area contributed by atoms with Gasteiger partial charge in [0.25, 0.3) is 0 Å². The number of benzene rings is 2. The maximum atomic E-state index is 12.5. The summed E-state index contributed by atoms with van der Waals surface area (Å²) in [6.07, 6.45) is 1.41. The Morgan fingerprint density at radius 2 is 1.93 bits per heavy atom. The van der Waals surface area contributed by atoms with Crippen LogP contribution in [0.4, 0.5) is 11.4 Å². The maximum absolute atomic E-state index is 12.5.